The Hall–Kier alpha value is -2.26. The van der Waals surface area contributed by atoms with Gasteiger partial charge < -0.3 is 9.80 Å². The Bertz CT molecular complexity index is 999. The third-order valence-corrected chi connectivity index (χ3v) is 6.56. The number of sulfonamides is 1. The number of nitrogens with zero attached hydrogens (tertiary/aromatic N) is 2. The second-order valence-corrected chi connectivity index (χ2v) is 9.05. The van der Waals surface area contributed by atoms with E-state index in [0.717, 1.165) is 30.8 Å². The normalized spacial score (nSPS) is 16.1. The number of nitrogens with one attached hydrogen (secondary N) is 1. The zero-order chi connectivity index (χ0) is 21.4. The molecule has 2 aromatic carbocycles. The van der Waals surface area contributed by atoms with Gasteiger partial charge in [0.1, 0.15) is 0 Å². The van der Waals surface area contributed by atoms with Gasteiger partial charge in [0.05, 0.1) is 21.8 Å². The van der Waals surface area contributed by atoms with Gasteiger partial charge in [-0.15, -0.1) is 0 Å². The van der Waals surface area contributed by atoms with Gasteiger partial charge in [0, 0.05) is 26.2 Å². The van der Waals surface area contributed by atoms with Crippen molar-refractivity contribution in [2.24, 2.45) is 0 Å². The first-order chi connectivity index (χ1) is 13.5. The van der Waals surface area contributed by atoms with Crippen molar-refractivity contribution < 1.29 is 21.6 Å². The maximum absolute atomic E-state index is 13.3. The number of hydrogen-bond donors (Lipinski definition) is 1. The monoisotopic (exact) mass is 427 g/mol. The van der Waals surface area contributed by atoms with E-state index in [0.29, 0.717) is 24.3 Å². The summed E-state index contributed by atoms with van der Waals surface area (Å²) in [7, 11) is -2.08. The van der Waals surface area contributed by atoms with E-state index in [9.17, 15) is 21.6 Å². The molecule has 3 rings (SSSR count). The Morgan fingerprint density at radius 3 is 2.21 bits per heavy atom. The molecular formula is C20H24F3N3O2S. The molecule has 0 amide bonds. The van der Waals surface area contributed by atoms with Crippen LogP contribution in [0.25, 0.3) is 0 Å². The van der Waals surface area contributed by atoms with Gasteiger partial charge in [-0.25, -0.2) is 8.42 Å². The van der Waals surface area contributed by atoms with Crippen LogP contribution >= 0.6 is 0 Å². The highest BCUT2D eigenvalue weighted by Crippen LogP contribution is 2.37. The molecule has 1 aliphatic heterocycles. The molecule has 29 heavy (non-hydrogen) atoms. The summed E-state index contributed by atoms with van der Waals surface area (Å²) in [5.74, 6) is 0. The molecule has 0 bridgehead atoms. The molecule has 5 nitrogen and oxygen atoms in total. The highest BCUT2D eigenvalue weighted by molar-refractivity contribution is 7.92. The Morgan fingerprint density at radius 1 is 0.966 bits per heavy atom. The second-order valence-electron chi connectivity index (χ2n) is 7.39. The lowest BCUT2D eigenvalue weighted by atomic mass is 10.1. The van der Waals surface area contributed by atoms with Crippen LogP contribution in [0, 0.1) is 13.8 Å². The summed E-state index contributed by atoms with van der Waals surface area (Å²) in [5.41, 5.74) is 0.918. The Kier molecular flexibility index (Phi) is 5.82. The minimum atomic E-state index is -4.57. The van der Waals surface area contributed by atoms with Crippen LogP contribution in [0.2, 0.25) is 0 Å². The van der Waals surface area contributed by atoms with Crippen molar-refractivity contribution in [2.45, 2.75) is 24.9 Å². The molecule has 2 aromatic rings. The van der Waals surface area contributed by atoms with Crippen molar-refractivity contribution in [3.63, 3.8) is 0 Å². The largest absolute Gasteiger partial charge is 0.416 e. The van der Waals surface area contributed by atoms with E-state index in [2.05, 4.69) is 9.62 Å². The first-order valence-electron chi connectivity index (χ1n) is 9.22. The van der Waals surface area contributed by atoms with Gasteiger partial charge in [-0.2, -0.15) is 13.2 Å². The number of aryl methyl sites for hydroxylation is 2. The molecule has 9 heteroatoms. The lowest BCUT2D eigenvalue weighted by Crippen LogP contribution is -2.44. The molecule has 0 aliphatic carbocycles. The van der Waals surface area contributed by atoms with Gasteiger partial charge in [0.25, 0.3) is 10.0 Å². The van der Waals surface area contributed by atoms with Crippen molar-refractivity contribution in [3.05, 3.63) is 53.1 Å². The molecule has 0 saturated carbocycles. The van der Waals surface area contributed by atoms with Gasteiger partial charge in [0.15, 0.2) is 0 Å². The maximum Gasteiger partial charge on any atom is 0.416 e. The van der Waals surface area contributed by atoms with Gasteiger partial charge in [-0.3, -0.25) is 4.72 Å². The van der Waals surface area contributed by atoms with Crippen LogP contribution in [0.3, 0.4) is 0 Å². The summed E-state index contributed by atoms with van der Waals surface area (Å²) in [6.45, 7) is 6.18. The van der Waals surface area contributed by atoms with Crippen LogP contribution in [-0.2, 0) is 16.2 Å². The molecule has 0 radical (unpaired) electrons. The average Bonchev–Trinajstić information content (AvgIpc) is 2.61. The standard InChI is InChI=1S/C20H24F3N3O2S/c1-14-4-7-19(15(2)12-14)29(27,28)24-17-13-16(20(21,22)23)5-6-18(17)26-10-8-25(3)9-11-26/h4-7,12-13,24H,8-11H2,1-3H3. The number of benzene rings is 2. The van der Waals surface area contributed by atoms with Crippen LogP contribution in [0.5, 0.6) is 0 Å². The molecular weight excluding hydrogens is 403 g/mol. The molecule has 0 aromatic heterocycles. The van der Waals surface area contributed by atoms with Crippen LogP contribution in [0.15, 0.2) is 41.3 Å². The number of rotatable bonds is 4. The van der Waals surface area contributed by atoms with Crippen molar-refractivity contribution in [3.8, 4) is 0 Å². The average molecular weight is 427 g/mol. The van der Waals surface area contributed by atoms with E-state index >= 15 is 0 Å². The highest BCUT2D eigenvalue weighted by atomic mass is 32.2. The predicted molar refractivity (Wildman–Crippen MR) is 108 cm³/mol. The fourth-order valence-corrected chi connectivity index (χ4v) is 4.71. The van der Waals surface area contributed by atoms with E-state index in [1.807, 2.05) is 18.9 Å². The number of halogens is 3. The SMILES string of the molecule is Cc1ccc(S(=O)(=O)Nc2cc(C(F)(F)F)ccc2N2CCN(C)CC2)c(C)c1. The Morgan fingerprint density at radius 2 is 1.62 bits per heavy atom. The predicted octanol–water partition coefficient (Wildman–Crippen LogP) is 3.87. The van der Waals surface area contributed by atoms with Crippen LogP contribution < -0.4 is 9.62 Å². The van der Waals surface area contributed by atoms with E-state index in [4.69, 9.17) is 0 Å². The third kappa shape index (κ3) is 4.84. The van der Waals surface area contributed by atoms with E-state index in [1.165, 1.54) is 12.1 Å². The molecule has 0 spiro atoms. The smallest absolute Gasteiger partial charge is 0.367 e. The van der Waals surface area contributed by atoms with Gasteiger partial charge in [0.2, 0.25) is 0 Å². The van der Waals surface area contributed by atoms with E-state index < -0.39 is 21.8 Å². The number of anilines is 2. The summed E-state index contributed by atoms with van der Waals surface area (Å²) in [6.07, 6.45) is -4.57. The van der Waals surface area contributed by atoms with Crippen molar-refractivity contribution in [2.75, 3.05) is 42.8 Å². The maximum atomic E-state index is 13.3. The van der Waals surface area contributed by atoms with Gasteiger partial charge in [-0.05, 0) is 50.7 Å². The fraction of sp³-hybridized carbons (Fsp3) is 0.400. The summed E-state index contributed by atoms with van der Waals surface area (Å²) in [4.78, 5) is 4.06. The molecule has 1 N–H and O–H groups in total. The van der Waals surface area contributed by atoms with Crippen molar-refractivity contribution in [1.29, 1.82) is 0 Å². The minimum absolute atomic E-state index is 0.0461. The summed E-state index contributed by atoms with van der Waals surface area (Å²) >= 11 is 0. The highest BCUT2D eigenvalue weighted by Gasteiger charge is 2.32. The zero-order valence-electron chi connectivity index (χ0n) is 16.5. The molecule has 158 valence electrons. The molecule has 0 atom stereocenters. The molecule has 1 aliphatic rings. The number of alkyl halides is 3. The first kappa shape index (κ1) is 21.4. The minimum Gasteiger partial charge on any atom is -0.367 e. The lowest BCUT2D eigenvalue weighted by molar-refractivity contribution is -0.137. The quantitative estimate of drug-likeness (QED) is 0.805. The number of hydrogen-bond acceptors (Lipinski definition) is 4. The Balaban J connectivity index is 2.03. The molecule has 1 fully saturated rings. The van der Waals surface area contributed by atoms with Crippen LogP contribution in [0.1, 0.15) is 16.7 Å². The van der Waals surface area contributed by atoms with E-state index in [-0.39, 0.29) is 10.6 Å². The van der Waals surface area contributed by atoms with Crippen LogP contribution in [0.4, 0.5) is 24.5 Å². The summed E-state index contributed by atoms with van der Waals surface area (Å²) < 4.78 is 68.1. The molecule has 1 heterocycles. The first-order valence-corrected chi connectivity index (χ1v) is 10.7. The summed E-state index contributed by atoms with van der Waals surface area (Å²) in [5, 5.41) is 0. The molecule has 1 saturated heterocycles. The Labute approximate surface area is 169 Å². The van der Waals surface area contributed by atoms with E-state index in [1.54, 1.807) is 19.1 Å². The topological polar surface area (TPSA) is 52.7 Å². The molecule has 0 unspecified atom stereocenters. The summed E-state index contributed by atoms with van der Waals surface area (Å²) in [6, 6.07) is 8.05. The van der Waals surface area contributed by atoms with Crippen LogP contribution in [-0.4, -0.2) is 46.5 Å². The van der Waals surface area contributed by atoms with Gasteiger partial charge in [-0.1, -0.05) is 17.7 Å². The number of piperazine rings is 1. The third-order valence-electron chi connectivity index (χ3n) is 5.03. The number of likely N-dealkylation sites (N-methyl/N-ethyl adjacent to an activating group) is 1. The zero-order valence-corrected chi connectivity index (χ0v) is 17.4. The van der Waals surface area contributed by atoms with Gasteiger partial charge >= 0.3 is 6.18 Å². The fourth-order valence-electron chi connectivity index (χ4n) is 3.42. The lowest BCUT2D eigenvalue weighted by Gasteiger charge is -2.35. The van der Waals surface area contributed by atoms with Crippen molar-refractivity contribution >= 4 is 21.4 Å². The van der Waals surface area contributed by atoms with Crippen molar-refractivity contribution in [1.82, 2.24) is 4.90 Å². The second kappa shape index (κ2) is 7.87.